The first-order valence-corrected chi connectivity index (χ1v) is 12.2. The van der Waals surface area contributed by atoms with Gasteiger partial charge in [0.15, 0.2) is 5.13 Å². The SMILES string of the molecule is Cc1ccc2nc(-c3ccc(NC(=O)c4csc(NC(=O)Nc5ccc(F)cc5)n4)cc3)sc2c1. The lowest BCUT2D eigenvalue weighted by Crippen LogP contribution is -2.19. The number of hydrogen-bond acceptors (Lipinski definition) is 6. The van der Waals surface area contributed by atoms with E-state index in [9.17, 15) is 14.0 Å². The second-order valence-corrected chi connectivity index (χ2v) is 9.53. The van der Waals surface area contributed by atoms with Gasteiger partial charge >= 0.3 is 6.03 Å². The smallest absolute Gasteiger partial charge is 0.321 e. The van der Waals surface area contributed by atoms with Gasteiger partial charge in [-0.3, -0.25) is 10.1 Å². The highest BCUT2D eigenvalue weighted by molar-refractivity contribution is 7.21. The lowest BCUT2D eigenvalue weighted by molar-refractivity contribution is 0.102. The summed E-state index contributed by atoms with van der Waals surface area (Å²) < 4.78 is 14.1. The average molecular weight is 504 g/mol. The quantitative estimate of drug-likeness (QED) is 0.247. The Balaban J connectivity index is 1.20. The zero-order valence-corrected chi connectivity index (χ0v) is 20.0. The van der Waals surface area contributed by atoms with Crippen molar-refractivity contribution in [3.05, 3.63) is 89.2 Å². The zero-order valence-electron chi connectivity index (χ0n) is 18.3. The molecule has 0 saturated carbocycles. The van der Waals surface area contributed by atoms with Gasteiger partial charge in [-0.15, -0.1) is 22.7 Å². The Bertz CT molecular complexity index is 1530. The van der Waals surface area contributed by atoms with Gasteiger partial charge in [0.2, 0.25) is 0 Å². The number of carbonyl (C=O) groups is 2. The number of amides is 3. The number of carbonyl (C=O) groups excluding carboxylic acids is 2. The number of nitrogens with zero attached hydrogens (tertiary/aromatic N) is 2. The van der Waals surface area contributed by atoms with Crippen LogP contribution in [-0.4, -0.2) is 21.9 Å². The molecule has 0 aliphatic heterocycles. The lowest BCUT2D eigenvalue weighted by Gasteiger charge is -2.05. The van der Waals surface area contributed by atoms with E-state index >= 15 is 0 Å². The average Bonchev–Trinajstić information content (AvgIpc) is 3.48. The van der Waals surface area contributed by atoms with Crippen molar-refractivity contribution in [1.82, 2.24) is 9.97 Å². The summed E-state index contributed by atoms with van der Waals surface area (Å²) >= 11 is 2.75. The maximum Gasteiger partial charge on any atom is 0.325 e. The van der Waals surface area contributed by atoms with Crippen LogP contribution in [0.3, 0.4) is 0 Å². The van der Waals surface area contributed by atoms with Crippen LogP contribution >= 0.6 is 22.7 Å². The molecule has 5 rings (SSSR count). The van der Waals surface area contributed by atoms with Crippen molar-refractivity contribution in [1.29, 1.82) is 0 Å². The molecule has 0 atom stereocenters. The molecule has 0 bridgehead atoms. The Hall–Kier alpha value is -4.15. The zero-order chi connectivity index (χ0) is 24.4. The van der Waals surface area contributed by atoms with Crippen LogP contribution in [0.2, 0.25) is 0 Å². The Morgan fingerprint density at radius 2 is 1.57 bits per heavy atom. The number of benzene rings is 3. The minimum absolute atomic E-state index is 0.178. The Morgan fingerprint density at radius 1 is 0.857 bits per heavy atom. The number of aryl methyl sites for hydroxylation is 1. The molecule has 35 heavy (non-hydrogen) atoms. The molecular formula is C25H18FN5O2S2. The predicted octanol–water partition coefficient (Wildman–Crippen LogP) is 6.76. The van der Waals surface area contributed by atoms with Gasteiger partial charge in [0.05, 0.1) is 10.2 Å². The van der Waals surface area contributed by atoms with Gasteiger partial charge in [-0.2, -0.15) is 0 Å². The molecule has 2 heterocycles. The van der Waals surface area contributed by atoms with Gasteiger partial charge in [0, 0.05) is 22.3 Å². The number of urea groups is 1. The highest BCUT2D eigenvalue weighted by Crippen LogP contribution is 2.31. The number of fused-ring (bicyclic) bond motifs is 1. The minimum Gasteiger partial charge on any atom is -0.321 e. The monoisotopic (exact) mass is 503 g/mol. The third kappa shape index (κ3) is 5.34. The molecule has 0 unspecified atom stereocenters. The molecule has 2 aromatic heterocycles. The first-order chi connectivity index (χ1) is 16.9. The van der Waals surface area contributed by atoms with E-state index in [1.165, 1.54) is 29.8 Å². The third-order valence-electron chi connectivity index (χ3n) is 4.99. The second kappa shape index (κ2) is 9.61. The largest absolute Gasteiger partial charge is 0.325 e. The van der Waals surface area contributed by atoms with E-state index in [1.807, 2.05) is 36.4 Å². The molecular weight excluding hydrogens is 485 g/mol. The summed E-state index contributed by atoms with van der Waals surface area (Å²) in [6.07, 6.45) is 0. The van der Waals surface area contributed by atoms with E-state index in [-0.39, 0.29) is 10.8 Å². The van der Waals surface area contributed by atoms with Gasteiger partial charge in [-0.1, -0.05) is 6.07 Å². The molecule has 3 aromatic carbocycles. The standard InChI is InChI=1S/C25H18FN5O2S2/c1-14-2-11-19-21(12-14)35-23(29-19)15-3-7-17(8-4-15)27-22(32)20-13-34-25(30-20)31-24(33)28-18-9-5-16(26)6-10-18/h2-13H,1H3,(H,27,32)(H2,28,30,31,33). The number of nitrogens with one attached hydrogen (secondary N) is 3. The van der Waals surface area contributed by atoms with E-state index in [1.54, 1.807) is 16.7 Å². The van der Waals surface area contributed by atoms with Crippen LogP contribution in [0, 0.1) is 12.7 Å². The van der Waals surface area contributed by atoms with Crippen molar-refractivity contribution < 1.29 is 14.0 Å². The third-order valence-corrected chi connectivity index (χ3v) is 6.82. The summed E-state index contributed by atoms with van der Waals surface area (Å²) in [7, 11) is 0. The minimum atomic E-state index is -0.543. The van der Waals surface area contributed by atoms with Crippen LogP contribution in [0.25, 0.3) is 20.8 Å². The van der Waals surface area contributed by atoms with Gasteiger partial charge in [0.1, 0.15) is 16.5 Å². The van der Waals surface area contributed by atoms with E-state index in [2.05, 4.69) is 38.9 Å². The van der Waals surface area contributed by atoms with Crippen LogP contribution in [0.5, 0.6) is 0 Å². The molecule has 7 nitrogen and oxygen atoms in total. The topological polar surface area (TPSA) is 96.0 Å². The molecule has 3 N–H and O–H groups in total. The molecule has 3 amide bonds. The van der Waals surface area contributed by atoms with E-state index in [4.69, 9.17) is 0 Å². The lowest BCUT2D eigenvalue weighted by atomic mass is 10.2. The van der Waals surface area contributed by atoms with Crippen molar-refractivity contribution in [2.45, 2.75) is 6.92 Å². The molecule has 174 valence electrons. The molecule has 0 fully saturated rings. The van der Waals surface area contributed by atoms with Crippen molar-refractivity contribution in [3.63, 3.8) is 0 Å². The van der Waals surface area contributed by atoms with Crippen LogP contribution in [0.1, 0.15) is 16.1 Å². The molecule has 5 aromatic rings. The normalized spacial score (nSPS) is 10.8. The second-order valence-electron chi connectivity index (χ2n) is 7.65. The Kier molecular flexibility index (Phi) is 6.21. The predicted molar refractivity (Wildman–Crippen MR) is 139 cm³/mol. The van der Waals surface area contributed by atoms with Crippen LogP contribution < -0.4 is 16.0 Å². The number of thiazole rings is 2. The molecule has 10 heteroatoms. The maximum atomic E-state index is 13.0. The molecule has 0 spiro atoms. The maximum absolute atomic E-state index is 13.0. The molecule has 0 saturated heterocycles. The summed E-state index contributed by atoms with van der Waals surface area (Å²) in [5.74, 6) is -0.788. The van der Waals surface area contributed by atoms with E-state index in [0.717, 1.165) is 32.1 Å². The summed E-state index contributed by atoms with van der Waals surface area (Å²) in [6, 6.07) is 18.5. The fraction of sp³-hybridized carbons (Fsp3) is 0.0400. The number of anilines is 3. The first-order valence-electron chi connectivity index (χ1n) is 10.5. The summed E-state index contributed by atoms with van der Waals surface area (Å²) in [5.41, 5.74) is 4.36. The van der Waals surface area contributed by atoms with Crippen molar-refractivity contribution in [2.75, 3.05) is 16.0 Å². The number of rotatable bonds is 5. The fourth-order valence-corrected chi connectivity index (χ4v) is 5.03. The first kappa shape index (κ1) is 22.6. The van der Waals surface area contributed by atoms with Crippen molar-refractivity contribution in [2.24, 2.45) is 0 Å². The van der Waals surface area contributed by atoms with Gasteiger partial charge in [-0.25, -0.2) is 19.2 Å². The van der Waals surface area contributed by atoms with E-state index < -0.39 is 17.8 Å². The summed E-state index contributed by atoms with van der Waals surface area (Å²) in [6.45, 7) is 2.06. The van der Waals surface area contributed by atoms with Crippen molar-refractivity contribution >= 4 is 61.3 Å². The summed E-state index contributed by atoms with van der Waals surface area (Å²) in [4.78, 5) is 33.6. The van der Waals surface area contributed by atoms with Gasteiger partial charge in [0.25, 0.3) is 5.91 Å². The summed E-state index contributed by atoms with van der Waals surface area (Å²) in [5, 5.41) is 10.7. The van der Waals surface area contributed by atoms with E-state index in [0.29, 0.717) is 11.4 Å². The highest BCUT2D eigenvalue weighted by Gasteiger charge is 2.14. The van der Waals surface area contributed by atoms with Gasteiger partial charge < -0.3 is 10.6 Å². The molecule has 0 radical (unpaired) electrons. The Labute approximate surface area is 207 Å². The van der Waals surface area contributed by atoms with Gasteiger partial charge in [-0.05, 0) is 73.2 Å². The van der Waals surface area contributed by atoms with Crippen molar-refractivity contribution in [3.8, 4) is 10.6 Å². The Morgan fingerprint density at radius 3 is 2.34 bits per heavy atom. The molecule has 0 aliphatic rings. The van der Waals surface area contributed by atoms with Crippen LogP contribution in [0.4, 0.5) is 25.7 Å². The number of aromatic nitrogens is 2. The van der Waals surface area contributed by atoms with Crippen LogP contribution in [0.15, 0.2) is 72.1 Å². The number of halogens is 1. The molecule has 0 aliphatic carbocycles. The number of hydrogen-bond donors (Lipinski definition) is 3. The highest BCUT2D eigenvalue weighted by atomic mass is 32.1. The fourth-order valence-electron chi connectivity index (χ4n) is 3.27. The van der Waals surface area contributed by atoms with Crippen LogP contribution in [-0.2, 0) is 0 Å².